The summed E-state index contributed by atoms with van der Waals surface area (Å²) in [6.45, 7) is 3.19. The van der Waals surface area contributed by atoms with Crippen LogP contribution in [0.4, 0.5) is 26.3 Å². The first-order valence-corrected chi connectivity index (χ1v) is 6.21. The lowest BCUT2D eigenvalue weighted by Gasteiger charge is -2.28. The lowest BCUT2D eigenvalue weighted by molar-refractivity contribution is -0.284. The van der Waals surface area contributed by atoms with Gasteiger partial charge in [-0.15, -0.1) is 11.6 Å². The molecular weight excluding hydrogens is 329 g/mol. The Hall–Kier alpha value is -0.620. The van der Waals surface area contributed by atoms with E-state index >= 15 is 0 Å². The predicted molar refractivity (Wildman–Crippen MR) is 65.1 cm³/mol. The Labute approximate surface area is 121 Å². The fraction of sp³-hybridized carbons (Fsp3) is 0.500. The van der Waals surface area contributed by atoms with E-state index in [1.54, 1.807) is 13.8 Å². The summed E-state index contributed by atoms with van der Waals surface area (Å²) in [6.07, 6.45) is -11.0. The zero-order valence-electron chi connectivity index (χ0n) is 10.3. The van der Waals surface area contributed by atoms with Gasteiger partial charge in [0.2, 0.25) is 0 Å². The molecule has 114 valence electrons. The Morgan fingerprint density at radius 1 is 0.900 bits per heavy atom. The number of hydrogen-bond donors (Lipinski definition) is 0. The number of alkyl halides is 7. The average Bonchev–Trinajstić information content (AvgIpc) is 2.18. The molecule has 0 saturated carbocycles. The molecular formula is C12H10Cl2F6. The van der Waals surface area contributed by atoms with Crippen molar-refractivity contribution in [2.75, 3.05) is 0 Å². The molecule has 0 heterocycles. The van der Waals surface area contributed by atoms with Gasteiger partial charge in [0.25, 0.3) is 0 Å². The minimum absolute atomic E-state index is 0.216. The van der Waals surface area contributed by atoms with Crippen LogP contribution in [0.25, 0.3) is 0 Å². The number of halogens is 8. The summed E-state index contributed by atoms with van der Waals surface area (Å²) < 4.78 is 75.7. The van der Waals surface area contributed by atoms with Crippen LogP contribution in [0.5, 0.6) is 0 Å². The number of aryl methyl sites for hydroxylation is 2. The second kappa shape index (κ2) is 5.64. The van der Waals surface area contributed by atoms with E-state index in [-0.39, 0.29) is 10.6 Å². The van der Waals surface area contributed by atoms with Crippen molar-refractivity contribution in [1.29, 1.82) is 0 Å². The summed E-state index contributed by atoms with van der Waals surface area (Å²) in [5.74, 6) is -3.67. The van der Waals surface area contributed by atoms with Crippen LogP contribution in [-0.4, -0.2) is 12.4 Å². The maximum Gasteiger partial charge on any atom is 0.402 e. The maximum absolute atomic E-state index is 12.6. The molecule has 1 aromatic carbocycles. The Bertz CT molecular complexity index is 478. The van der Waals surface area contributed by atoms with Crippen molar-refractivity contribution < 1.29 is 26.3 Å². The van der Waals surface area contributed by atoms with Gasteiger partial charge < -0.3 is 0 Å². The van der Waals surface area contributed by atoms with Gasteiger partial charge in [-0.25, -0.2) is 0 Å². The molecule has 0 aliphatic rings. The SMILES string of the molecule is Cc1cc(Cl)c(C(Cl)C(C(F)(F)F)C(F)(F)F)cc1C. The smallest absolute Gasteiger partial charge is 0.170 e. The largest absolute Gasteiger partial charge is 0.402 e. The van der Waals surface area contributed by atoms with Crippen molar-refractivity contribution in [2.24, 2.45) is 5.92 Å². The third kappa shape index (κ3) is 3.73. The number of hydrogen-bond acceptors (Lipinski definition) is 0. The minimum atomic E-state index is -5.51. The second-order valence-corrected chi connectivity index (χ2v) is 5.30. The van der Waals surface area contributed by atoms with Crippen molar-refractivity contribution in [3.63, 3.8) is 0 Å². The highest BCUT2D eigenvalue weighted by atomic mass is 35.5. The van der Waals surface area contributed by atoms with Crippen molar-refractivity contribution in [2.45, 2.75) is 31.6 Å². The Morgan fingerprint density at radius 3 is 1.70 bits per heavy atom. The van der Waals surface area contributed by atoms with Gasteiger partial charge in [-0.1, -0.05) is 17.7 Å². The van der Waals surface area contributed by atoms with E-state index in [4.69, 9.17) is 23.2 Å². The lowest BCUT2D eigenvalue weighted by Crippen LogP contribution is -2.39. The number of rotatable bonds is 2. The summed E-state index contributed by atoms with van der Waals surface area (Å²) in [6, 6.07) is 2.45. The molecule has 0 fully saturated rings. The van der Waals surface area contributed by atoms with E-state index in [0.29, 0.717) is 11.1 Å². The van der Waals surface area contributed by atoms with E-state index in [1.165, 1.54) is 6.07 Å². The fourth-order valence-electron chi connectivity index (χ4n) is 1.71. The van der Waals surface area contributed by atoms with Crippen molar-refractivity contribution in [1.82, 2.24) is 0 Å². The Kier molecular flexibility index (Phi) is 4.91. The molecule has 0 radical (unpaired) electrons. The van der Waals surface area contributed by atoms with Crippen LogP contribution < -0.4 is 0 Å². The van der Waals surface area contributed by atoms with Gasteiger partial charge in [-0.05, 0) is 36.6 Å². The van der Waals surface area contributed by atoms with Crippen LogP contribution in [-0.2, 0) is 0 Å². The molecule has 0 aliphatic carbocycles. The molecule has 0 amide bonds. The highest BCUT2D eigenvalue weighted by Crippen LogP contribution is 2.50. The standard InChI is InChI=1S/C12H10Cl2F6/c1-5-3-7(8(13)4-6(5)2)9(14)10(11(15,16)17)12(18,19)20/h3-4,9-10H,1-2H3. The molecule has 1 rings (SSSR count). The van der Waals surface area contributed by atoms with Gasteiger partial charge >= 0.3 is 12.4 Å². The summed E-state index contributed by atoms with van der Waals surface area (Å²) in [5.41, 5.74) is 0.785. The second-order valence-electron chi connectivity index (χ2n) is 4.42. The van der Waals surface area contributed by atoms with E-state index in [2.05, 4.69) is 0 Å². The third-order valence-corrected chi connectivity index (χ3v) is 3.72. The molecule has 0 spiro atoms. The summed E-state index contributed by atoms with van der Waals surface area (Å²) in [4.78, 5) is 0. The molecule has 0 aromatic heterocycles. The minimum Gasteiger partial charge on any atom is -0.170 e. The quantitative estimate of drug-likeness (QED) is 0.459. The molecule has 0 saturated heterocycles. The van der Waals surface area contributed by atoms with Crippen molar-refractivity contribution in [3.8, 4) is 0 Å². The molecule has 1 atom stereocenters. The monoisotopic (exact) mass is 338 g/mol. The number of benzene rings is 1. The summed E-state index contributed by atoms with van der Waals surface area (Å²) >= 11 is 11.2. The average molecular weight is 339 g/mol. The van der Waals surface area contributed by atoms with Crippen LogP contribution in [0.2, 0.25) is 5.02 Å². The molecule has 0 N–H and O–H groups in total. The van der Waals surface area contributed by atoms with Crippen molar-refractivity contribution >= 4 is 23.2 Å². The Balaban J connectivity index is 3.34. The summed E-state index contributed by atoms with van der Waals surface area (Å²) in [5, 5.41) is -2.55. The molecule has 0 nitrogen and oxygen atoms in total. The van der Waals surface area contributed by atoms with Gasteiger partial charge in [0, 0.05) is 5.02 Å². The normalized spacial score (nSPS) is 14.8. The van der Waals surface area contributed by atoms with E-state index in [9.17, 15) is 26.3 Å². The van der Waals surface area contributed by atoms with Gasteiger partial charge in [-0.2, -0.15) is 26.3 Å². The summed E-state index contributed by atoms with van der Waals surface area (Å²) in [7, 11) is 0. The first kappa shape index (κ1) is 17.4. The topological polar surface area (TPSA) is 0 Å². The van der Waals surface area contributed by atoms with Gasteiger partial charge in [0.1, 0.15) is 0 Å². The molecule has 1 aromatic rings. The van der Waals surface area contributed by atoms with Crippen LogP contribution in [0, 0.1) is 19.8 Å². The van der Waals surface area contributed by atoms with Gasteiger partial charge in [0.15, 0.2) is 5.92 Å². The molecule has 0 bridgehead atoms. The molecule has 20 heavy (non-hydrogen) atoms. The molecule has 1 unspecified atom stereocenters. The van der Waals surface area contributed by atoms with Crippen LogP contribution in [0.3, 0.4) is 0 Å². The lowest BCUT2D eigenvalue weighted by atomic mass is 9.95. The van der Waals surface area contributed by atoms with E-state index in [1.807, 2.05) is 0 Å². The third-order valence-electron chi connectivity index (χ3n) is 2.91. The highest BCUT2D eigenvalue weighted by Gasteiger charge is 2.60. The van der Waals surface area contributed by atoms with Crippen LogP contribution in [0.15, 0.2) is 12.1 Å². The van der Waals surface area contributed by atoms with E-state index < -0.39 is 23.6 Å². The molecule has 0 aliphatic heterocycles. The fourth-order valence-corrected chi connectivity index (χ4v) is 2.57. The van der Waals surface area contributed by atoms with Gasteiger partial charge in [0.05, 0.1) is 5.38 Å². The van der Waals surface area contributed by atoms with Crippen LogP contribution in [0.1, 0.15) is 22.1 Å². The van der Waals surface area contributed by atoms with Crippen molar-refractivity contribution in [3.05, 3.63) is 33.8 Å². The Morgan fingerprint density at radius 2 is 1.30 bits per heavy atom. The highest BCUT2D eigenvalue weighted by molar-refractivity contribution is 6.33. The van der Waals surface area contributed by atoms with Gasteiger partial charge in [-0.3, -0.25) is 0 Å². The zero-order chi connectivity index (χ0) is 15.9. The predicted octanol–water partition coefficient (Wildman–Crippen LogP) is 5.98. The zero-order valence-corrected chi connectivity index (χ0v) is 11.8. The maximum atomic E-state index is 12.6. The molecule has 8 heteroatoms. The first-order chi connectivity index (χ1) is 8.85. The first-order valence-electron chi connectivity index (χ1n) is 5.40. The van der Waals surface area contributed by atoms with Crippen LogP contribution >= 0.6 is 23.2 Å². The van der Waals surface area contributed by atoms with E-state index in [0.717, 1.165) is 6.07 Å².